The zero-order chi connectivity index (χ0) is 20.2. The molecule has 0 saturated heterocycles. The third-order valence-electron chi connectivity index (χ3n) is 2.90. The minimum Gasteiger partial charge on any atom is -0.462 e. The van der Waals surface area contributed by atoms with Gasteiger partial charge in [-0.05, 0) is 31.2 Å². The van der Waals surface area contributed by atoms with Gasteiger partial charge in [0.2, 0.25) is 5.95 Å². The van der Waals surface area contributed by atoms with Crippen LogP contribution >= 0.6 is 0 Å². The molecule has 1 aromatic carbocycles. The monoisotopic (exact) mass is 395 g/mol. The van der Waals surface area contributed by atoms with E-state index in [9.17, 15) is 31.1 Å². The lowest BCUT2D eigenvalue weighted by atomic mass is 10.2. The number of alkyl halides is 6. The summed E-state index contributed by atoms with van der Waals surface area (Å²) in [4.78, 5) is 18.5. The van der Waals surface area contributed by atoms with E-state index >= 15 is 0 Å². The summed E-state index contributed by atoms with van der Waals surface area (Å²) in [5.74, 6) is -2.26. The zero-order valence-corrected chi connectivity index (χ0v) is 13.5. The number of hydrogen-bond acceptors (Lipinski definition) is 6. The molecule has 27 heavy (non-hydrogen) atoms. The van der Waals surface area contributed by atoms with Crippen molar-refractivity contribution in [2.24, 2.45) is 0 Å². The van der Waals surface area contributed by atoms with Crippen LogP contribution in [0.25, 0.3) is 0 Å². The molecule has 1 heterocycles. The van der Waals surface area contributed by atoms with Gasteiger partial charge in [-0.3, -0.25) is 0 Å². The zero-order valence-electron chi connectivity index (χ0n) is 13.5. The van der Waals surface area contributed by atoms with Crippen LogP contribution in [0, 0.1) is 0 Å². The van der Waals surface area contributed by atoms with Gasteiger partial charge in [0.25, 0.3) is 0 Å². The molecule has 146 valence electrons. The minimum absolute atomic E-state index is 0.0986. The maximum Gasteiger partial charge on any atom is 0.573 e. The summed E-state index contributed by atoms with van der Waals surface area (Å²) < 4.78 is 83.9. The number of carbonyl (C=O) groups excluding carboxylic acids is 1. The van der Waals surface area contributed by atoms with Gasteiger partial charge in [-0.25, -0.2) is 14.8 Å². The lowest BCUT2D eigenvalue weighted by Gasteiger charge is -2.13. The Morgan fingerprint density at radius 3 is 2.26 bits per heavy atom. The number of hydrogen-bond donors (Lipinski definition) is 1. The van der Waals surface area contributed by atoms with Crippen molar-refractivity contribution in [3.05, 3.63) is 41.7 Å². The highest BCUT2D eigenvalue weighted by Crippen LogP contribution is 2.32. The van der Waals surface area contributed by atoms with Crippen LogP contribution in [0.1, 0.15) is 23.0 Å². The summed E-state index contributed by atoms with van der Waals surface area (Å²) in [5.41, 5.74) is -2.26. The number of rotatable bonds is 5. The summed E-state index contributed by atoms with van der Waals surface area (Å²) in [5, 5.41) is 2.39. The predicted octanol–water partition coefficient (Wildman–Crippen LogP) is 4.31. The minimum atomic E-state index is -4.95. The van der Waals surface area contributed by atoms with E-state index < -0.39 is 41.5 Å². The lowest BCUT2D eigenvalue weighted by Crippen LogP contribution is -2.19. The molecular weight excluding hydrogens is 384 g/mol. The smallest absolute Gasteiger partial charge is 0.462 e. The van der Waals surface area contributed by atoms with Crippen LogP contribution < -0.4 is 10.1 Å². The van der Waals surface area contributed by atoms with Crippen molar-refractivity contribution >= 4 is 17.6 Å². The fourth-order valence-corrected chi connectivity index (χ4v) is 1.89. The molecule has 0 aliphatic rings. The van der Waals surface area contributed by atoms with Gasteiger partial charge in [0.15, 0.2) is 5.69 Å². The highest BCUT2D eigenvalue weighted by atomic mass is 19.4. The second kappa shape index (κ2) is 7.68. The van der Waals surface area contributed by atoms with Crippen LogP contribution in [-0.2, 0) is 10.9 Å². The highest BCUT2D eigenvalue weighted by molar-refractivity contribution is 5.90. The van der Waals surface area contributed by atoms with E-state index in [4.69, 9.17) is 0 Å². The summed E-state index contributed by atoms with van der Waals surface area (Å²) in [6, 6.07) is 4.15. The van der Waals surface area contributed by atoms with Gasteiger partial charge in [0, 0.05) is 11.9 Å². The predicted molar refractivity (Wildman–Crippen MR) is 79.4 cm³/mol. The second-order valence-electron chi connectivity index (χ2n) is 4.87. The van der Waals surface area contributed by atoms with Crippen LogP contribution in [0.3, 0.4) is 0 Å². The number of halogens is 6. The Labute approximate surface area is 148 Å². The first-order valence-electron chi connectivity index (χ1n) is 7.24. The molecule has 12 heteroatoms. The third-order valence-corrected chi connectivity index (χ3v) is 2.90. The molecule has 1 aromatic heterocycles. The largest absolute Gasteiger partial charge is 0.573 e. The van der Waals surface area contributed by atoms with Gasteiger partial charge in [-0.2, -0.15) is 13.2 Å². The van der Waals surface area contributed by atoms with Crippen molar-refractivity contribution in [1.29, 1.82) is 0 Å². The van der Waals surface area contributed by atoms with E-state index in [1.165, 1.54) is 6.92 Å². The van der Waals surface area contributed by atoms with Crippen LogP contribution in [0.2, 0.25) is 0 Å². The molecule has 0 radical (unpaired) electrons. The summed E-state index contributed by atoms with van der Waals surface area (Å²) >= 11 is 0. The van der Waals surface area contributed by atoms with Crippen molar-refractivity contribution in [3.63, 3.8) is 0 Å². The van der Waals surface area contributed by atoms with Crippen LogP contribution in [-0.4, -0.2) is 28.9 Å². The Morgan fingerprint density at radius 2 is 1.74 bits per heavy atom. The van der Waals surface area contributed by atoms with E-state index in [2.05, 4.69) is 24.8 Å². The molecule has 0 unspecified atom stereocenters. The fourth-order valence-electron chi connectivity index (χ4n) is 1.89. The van der Waals surface area contributed by atoms with E-state index in [-0.39, 0.29) is 12.3 Å². The van der Waals surface area contributed by atoms with Crippen molar-refractivity contribution in [1.82, 2.24) is 9.97 Å². The summed E-state index contributed by atoms with van der Waals surface area (Å²) in [6.07, 6.45) is -9.17. The second-order valence-corrected chi connectivity index (χ2v) is 4.87. The number of carbonyl (C=O) groups is 1. The van der Waals surface area contributed by atoms with Crippen molar-refractivity contribution in [2.75, 3.05) is 11.9 Å². The van der Waals surface area contributed by atoms with Gasteiger partial charge < -0.3 is 14.8 Å². The number of anilines is 2. The molecule has 0 spiro atoms. The lowest BCUT2D eigenvalue weighted by molar-refractivity contribution is -0.274. The van der Waals surface area contributed by atoms with Crippen molar-refractivity contribution in [2.45, 2.75) is 19.5 Å². The Kier molecular flexibility index (Phi) is 5.76. The Morgan fingerprint density at radius 1 is 1.11 bits per heavy atom. The normalized spacial score (nSPS) is 11.8. The van der Waals surface area contributed by atoms with Gasteiger partial charge >= 0.3 is 18.5 Å². The van der Waals surface area contributed by atoms with Crippen molar-refractivity contribution in [3.8, 4) is 5.75 Å². The van der Waals surface area contributed by atoms with Gasteiger partial charge in [0.05, 0.1) is 6.61 Å². The molecule has 6 nitrogen and oxygen atoms in total. The topological polar surface area (TPSA) is 73.3 Å². The standard InChI is InChI=1S/C15H11F6N3O3/c1-2-26-12(25)10-7-22-13(24-11(10)14(16,17)18)23-8-3-5-9(6-4-8)27-15(19,20)21/h3-7H,2H2,1H3,(H,22,23,24). The average molecular weight is 395 g/mol. The van der Waals surface area contributed by atoms with Crippen LogP contribution in [0.15, 0.2) is 30.5 Å². The third kappa shape index (κ3) is 5.72. The number of esters is 1. The molecule has 2 aromatic rings. The molecule has 0 saturated carbocycles. The number of nitrogens with one attached hydrogen (secondary N) is 1. The van der Waals surface area contributed by atoms with E-state index in [0.717, 1.165) is 24.3 Å². The quantitative estimate of drug-likeness (QED) is 0.601. The first kappa shape index (κ1) is 20.3. The number of aromatic nitrogens is 2. The first-order valence-corrected chi connectivity index (χ1v) is 7.24. The molecule has 0 amide bonds. The van der Waals surface area contributed by atoms with E-state index in [0.29, 0.717) is 6.20 Å². The molecule has 0 aliphatic heterocycles. The van der Waals surface area contributed by atoms with Gasteiger partial charge in [-0.15, -0.1) is 13.2 Å². The summed E-state index contributed by atoms with van der Waals surface area (Å²) in [6.45, 7) is 1.29. The van der Waals surface area contributed by atoms with Gasteiger partial charge in [-0.1, -0.05) is 0 Å². The average Bonchev–Trinajstić information content (AvgIpc) is 2.55. The number of ether oxygens (including phenoxy) is 2. The molecule has 0 atom stereocenters. The first-order chi connectivity index (χ1) is 12.5. The van der Waals surface area contributed by atoms with Crippen molar-refractivity contribution < 1.29 is 40.6 Å². The Bertz CT molecular complexity index is 806. The maximum absolute atomic E-state index is 13.1. The molecule has 0 fully saturated rings. The molecule has 0 bridgehead atoms. The van der Waals surface area contributed by atoms with E-state index in [1.54, 1.807) is 0 Å². The Balaban J connectivity index is 2.25. The van der Waals surface area contributed by atoms with E-state index in [1.807, 2.05) is 0 Å². The van der Waals surface area contributed by atoms with Crippen LogP contribution in [0.5, 0.6) is 5.75 Å². The number of nitrogens with zero attached hydrogens (tertiary/aromatic N) is 2. The Hall–Kier alpha value is -3.05. The summed E-state index contributed by atoms with van der Waals surface area (Å²) in [7, 11) is 0. The fraction of sp³-hybridized carbons (Fsp3) is 0.267. The molecule has 2 rings (SSSR count). The van der Waals surface area contributed by atoms with Gasteiger partial charge in [0.1, 0.15) is 11.3 Å². The maximum atomic E-state index is 13.1. The molecule has 0 aliphatic carbocycles. The molecular formula is C15H11F6N3O3. The van der Waals surface area contributed by atoms with Crippen LogP contribution in [0.4, 0.5) is 38.0 Å². The SMILES string of the molecule is CCOC(=O)c1cnc(Nc2ccc(OC(F)(F)F)cc2)nc1C(F)(F)F. The molecule has 1 N–H and O–H groups in total. The highest BCUT2D eigenvalue weighted by Gasteiger charge is 2.38. The number of benzene rings is 1.